The summed E-state index contributed by atoms with van der Waals surface area (Å²) >= 11 is 0. The van der Waals surface area contributed by atoms with E-state index in [-0.39, 0.29) is 12.3 Å². The molecule has 1 aliphatic heterocycles. The third kappa shape index (κ3) is 3.72. The Morgan fingerprint density at radius 1 is 1.00 bits per heavy atom. The minimum absolute atomic E-state index is 0.0173. The zero-order valence-electron chi connectivity index (χ0n) is 12.1. The molecule has 1 saturated carbocycles. The van der Waals surface area contributed by atoms with Gasteiger partial charge in [0.1, 0.15) is 0 Å². The molecule has 0 aromatic heterocycles. The standard InChI is InChI=1S/C15H25NO4/c17-13(16-8-10-20-11-9-16)12-15(14(18)19)6-4-2-1-3-5-7-15/h1-12H2,(H,18,19). The van der Waals surface area contributed by atoms with Crippen molar-refractivity contribution >= 4 is 11.9 Å². The van der Waals surface area contributed by atoms with Crippen LogP contribution in [0.3, 0.4) is 0 Å². The fourth-order valence-corrected chi connectivity index (χ4v) is 3.26. The molecular weight excluding hydrogens is 258 g/mol. The average Bonchev–Trinajstić information content (AvgIpc) is 2.42. The van der Waals surface area contributed by atoms with Gasteiger partial charge in [0.2, 0.25) is 5.91 Å². The third-order valence-electron chi connectivity index (χ3n) is 4.62. The van der Waals surface area contributed by atoms with E-state index >= 15 is 0 Å². The van der Waals surface area contributed by atoms with Crippen LogP contribution in [0.1, 0.15) is 51.4 Å². The lowest BCUT2D eigenvalue weighted by Crippen LogP contribution is -2.44. The Balaban J connectivity index is 2.02. The summed E-state index contributed by atoms with van der Waals surface area (Å²) in [6.07, 6.45) is 6.62. The maximum Gasteiger partial charge on any atom is 0.310 e. The second kappa shape index (κ2) is 7.07. The normalized spacial score (nSPS) is 23.7. The van der Waals surface area contributed by atoms with E-state index in [1.807, 2.05) is 0 Å². The van der Waals surface area contributed by atoms with Gasteiger partial charge in [0.25, 0.3) is 0 Å². The van der Waals surface area contributed by atoms with Crippen LogP contribution < -0.4 is 0 Å². The molecule has 5 nitrogen and oxygen atoms in total. The molecule has 2 rings (SSSR count). The SMILES string of the molecule is O=C(CC1(C(=O)O)CCCCCCC1)N1CCOCC1. The number of carboxylic acid groups (broad SMARTS) is 1. The molecule has 2 fully saturated rings. The van der Waals surface area contributed by atoms with Gasteiger partial charge in [0, 0.05) is 19.5 Å². The summed E-state index contributed by atoms with van der Waals surface area (Å²) in [6.45, 7) is 2.31. The van der Waals surface area contributed by atoms with Crippen LogP contribution in [0.25, 0.3) is 0 Å². The quantitative estimate of drug-likeness (QED) is 0.861. The first-order valence-corrected chi connectivity index (χ1v) is 7.73. The first-order chi connectivity index (χ1) is 9.64. The van der Waals surface area contributed by atoms with E-state index in [4.69, 9.17) is 4.74 Å². The Morgan fingerprint density at radius 3 is 2.10 bits per heavy atom. The molecule has 0 unspecified atom stereocenters. The van der Waals surface area contributed by atoms with Crippen molar-refractivity contribution in [2.45, 2.75) is 51.4 Å². The van der Waals surface area contributed by atoms with Crippen molar-refractivity contribution in [2.75, 3.05) is 26.3 Å². The smallest absolute Gasteiger partial charge is 0.310 e. The highest BCUT2D eigenvalue weighted by molar-refractivity contribution is 5.85. The second-order valence-corrected chi connectivity index (χ2v) is 6.02. The minimum Gasteiger partial charge on any atom is -0.481 e. The van der Waals surface area contributed by atoms with E-state index in [1.165, 1.54) is 6.42 Å². The van der Waals surface area contributed by atoms with Gasteiger partial charge in [-0.15, -0.1) is 0 Å². The zero-order chi connectivity index (χ0) is 14.4. The van der Waals surface area contributed by atoms with Gasteiger partial charge in [0.15, 0.2) is 0 Å². The molecule has 20 heavy (non-hydrogen) atoms. The summed E-state index contributed by atoms with van der Waals surface area (Å²) in [5, 5.41) is 9.66. The van der Waals surface area contributed by atoms with Crippen LogP contribution in [-0.4, -0.2) is 48.2 Å². The van der Waals surface area contributed by atoms with Gasteiger partial charge >= 0.3 is 5.97 Å². The molecule has 0 bridgehead atoms. The third-order valence-corrected chi connectivity index (χ3v) is 4.62. The van der Waals surface area contributed by atoms with E-state index in [0.717, 1.165) is 25.7 Å². The van der Waals surface area contributed by atoms with Gasteiger partial charge in [-0.05, 0) is 12.8 Å². The molecule has 0 aromatic carbocycles. The fourth-order valence-electron chi connectivity index (χ4n) is 3.26. The van der Waals surface area contributed by atoms with Gasteiger partial charge in [-0.25, -0.2) is 0 Å². The highest BCUT2D eigenvalue weighted by atomic mass is 16.5. The molecule has 5 heteroatoms. The summed E-state index contributed by atoms with van der Waals surface area (Å²) in [5.41, 5.74) is -0.837. The minimum atomic E-state index is -0.837. The van der Waals surface area contributed by atoms with Crippen molar-refractivity contribution in [3.05, 3.63) is 0 Å². The van der Waals surface area contributed by atoms with Gasteiger partial charge in [-0.2, -0.15) is 0 Å². The monoisotopic (exact) mass is 283 g/mol. The first kappa shape index (κ1) is 15.3. The van der Waals surface area contributed by atoms with E-state index in [2.05, 4.69) is 0 Å². The van der Waals surface area contributed by atoms with E-state index in [0.29, 0.717) is 39.1 Å². The molecule has 0 aromatic rings. The number of rotatable bonds is 3. The van der Waals surface area contributed by atoms with Crippen LogP contribution in [0.2, 0.25) is 0 Å². The number of carbonyl (C=O) groups excluding carboxylic acids is 1. The lowest BCUT2D eigenvalue weighted by atomic mass is 9.73. The van der Waals surface area contributed by atoms with Gasteiger partial charge in [0.05, 0.1) is 18.6 Å². The molecule has 1 heterocycles. The van der Waals surface area contributed by atoms with Crippen molar-refractivity contribution in [1.82, 2.24) is 4.90 Å². The summed E-state index contributed by atoms with van der Waals surface area (Å²) in [4.78, 5) is 25.9. The largest absolute Gasteiger partial charge is 0.481 e. The lowest BCUT2D eigenvalue weighted by molar-refractivity contribution is -0.156. The Labute approximate surface area is 120 Å². The molecule has 0 atom stereocenters. The first-order valence-electron chi connectivity index (χ1n) is 7.73. The van der Waals surface area contributed by atoms with E-state index < -0.39 is 11.4 Å². The van der Waals surface area contributed by atoms with Crippen molar-refractivity contribution in [2.24, 2.45) is 5.41 Å². The molecule has 0 spiro atoms. The Kier molecular flexibility index (Phi) is 5.40. The number of carboxylic acids is 1. The van der Waals surface area contributed by atoms with Crippen LogP contribution in [-0.2, 0) is 14.3 Å². The number of nitrogens with zero attached hydrogens (tertiary/aromatic N) is 1. The van der Waals surface area contributed by atoms with Crippen molar-refractivity contribution < 1.29 is 19.4 Å². The number of carbonyl (C=O) groups is 2. The van der Waals surface area contributed by atoms with Crippen LogP contribution in [0.15, 0.2) is 0 Å². The number of hydrogen-bond donors (Lipinski definition) is 1. The fraction of sp³-hybridized carbons (Fsp3) is 0.867. The zero-order valence-corrected chi connectivity index (χ0v) is 12.1. The van der Waals surface area contributed by atoms with Gasteiger partial charge < -0.3 is 14.7 Å². The van der Waals surface area contributed by atoms with Crippen LogP contribution in [0.4, 0.5) is 0 Å². The predicted molar refractivity (Wildman–Crippen MR) is 74.4 cm³/mol. The van der Waals surface area contributed by atoms with E-state index in [1.54, 1.807) is 4.90 Å². The molecule has 0 radical (unpaired) electrons. The molecule has 1 N–H and O–H groups in total. The van der Waals surface area contributed by atoms with Gasteiger partial charge in [-0.1, -0.05) is 32.1 Å². The second-order valence-electron chi connectivity index (χ2n) is 6.02. The topological polar surface area (TPSA) is 66.8 Å². The summed E-state index contributed by atoms with van der Waals surface area (Å²) in [6, 6.07) is 0. The van der Waals surface area contributed by atoms with Crippen LogP contribution >= 0.6 is 0 Å². The summed E-state index contributed by atoms with van der Waals surface area (Å²) < 4.78 is 5.24. The maximum atomic E-state index is 12.4. The number of amides is 1. The molecule has 1 saturated heterocycles. The maximum absolute atomic E-state index is 12.4. The van der Waals surface area contributed by atoms with Crippen molar-refractivity contribution in [3.8, 4) is 0 Å². The number of hydrogen-bond acceptors (Lipinski definition) is 3. The summed E-state index contributed by atoms with van der Waals surface area (Å²) in [5.74, 6) is -0.808. The molecular formula is C15H25NO4. The molecule has 2 aliphatic rings. The molecule has 1 amide bonds. The highest BCUT2D eigenvalue weighted by Crippen LogP contribution is 2.38. The molecule has 1 aliphatic carbocycles. The van der Waals surface area contributed by atoms with E-state index in [9.17, 15) is 14.7 Å². The van der Waals surface area contributed by atoms with Crippen LogP contribution in [0, 0.1) is 5.41 Å². The summed E-state index contributed by atoms with van der Waals surface area (Å²) in [7, 11) is 0. The Hall–Kier alpha value is -1.10. The predicted octanol–water partition coefficient (Wildman–Crippen LogP) is 2.05. The van der Waals surface area contributed by atoms with Crippen LogP contribution in [0.5, 0.6) is 0 Å². The average molecular weight is 283 g/mol. The number of ether oxygens (including phenoxy) is 1. The van der Waals surface area contributed by atoms with Gasteiger partial charge in [-0.3, -0.25) is 9.59 Å². The lowest BCUT2D eigenvalue weighted by Gasteiger charge is -2.34. The van der Waals surface area contributed by atoms with Crippen molar-refractivity contribution in [3.63, 3.8) is 0 Å². The number of morpholine rings is 1. The Bertz CT molecular complexity index is 342. The van der Waals surface area contributed by atoms with Crippen molar-refractivity contribution in [1.29, 1.82) is 0 Å². The highest BCUT2D eigenvalue weighted by Gasteiger charge is 2.41. The Morgan fingerprint density at radius 2 is 1.55 bits per heavy atom. The molecule has 114 valence electrons. The number of aliphatic carboxylic acids is 1.